The lowest BCUT2D eigenvalue weighted by atomic mass is 10.0. The number of ketones is 1. The minimum absolute atomic E-state index is 0.348. The van der Waals surface area contributed by atoms with Crippen molar-refractivity contribution in [3.05, 3.63) is 29.8 Å². The van der Waals surface area contributed by atoms with Crippen molar-refractivity contribution in [3.63, 3.8) is 0 Å². The van der Waals surface area contributed by atoms with Crippen molar-refractivity contribution in [2.75, 3.05) is 6.61 Å². The number of carbonyl (C=O) groups excluding carboxylic acids is 1. The van der Waals surface area contributed by atoms with E-state index in [0.717, 1.165) is 18.6 Å². The van der Waals surface area contributed by atoms with Crippen molar-refractivity contribution in [1.82, 2.24) is 0 Å². The molecular formula is C15H20O2. The van der Waals surface area contributed by atoms with E-state index in [9.17, 15) is 4.79 Å². The molecule has 0 heterocycles. The molecule has 0 atom stereocenters. The van der Waals surface area contributed by atoms with Gasteiger partial charge < -0.3 is 4.74 Å². The SMILES string of the molecule is CC(C)c1cccc(OCCC(=O)C2CC2)c1. The van der Waals surface area contributed by atoms with E-state index >= 15 is 0 Å². The largest absolute Gasteiger partial charge is 0.493 e. The van der Waals surface area contributed by atoms with Crippen LogP contribution in [0.4, 0.5) is 0 Å². The summed E-state index contributed by atoms with van der Waals surface area (Å²) in [7, 11) is 0. The van der Waals surface area contributed by atoms with Gasteiger partial charge in [0.2, 0.25) is 0 Å². The lowest BCUT2D eigenvalue weighted by Crippen LogP contribution is -2.07. The fourth-order valence-corrected chi connectivity index (χ4v) is 1.84. The first-order valence-electron chi connectivity index (χ1n) is 6.42. The molecule has 0 unspecified atom stereocenters. The molecule has 1 aliphatic carbocycles. The summed E-state index contributed by atoms with van der Waals surface area (Å²) in [5.74, 6) is 2.09. The summed E-state index contributed by atoms with van der Waals surface area (Å²) < 4.78 is 5.62. The summed E-state index contributed by atoms with van der Waals surface area (Å²) in [6, 6.07) is 8.13. The fourth-order valence-electron chi connectivity index (χ4n) is 1.84. The summed E-state index contributed by atoms with van der Waals surface area (Å²) in [5, 5.41) is 0. The maximum absolute atomic E-state index is 11.5. The van der Waals surface area contributed by atoms with Gasteiger partial charge in [-0.1, -0.05) is 26.0 Å². The average molecular weight is 232 g/mol. The van der Waals surface area contributed by atoms with Gasteiger partial charge in [0.05, 0.1) is 6.61 Å². The first kappa shape index (κ1) is 12.2. The highest BCUT2D eigenvalue weighted by atomic mass is 16.5. The molecule has 0 aromatic heterocycles. The van der Waals surface area contributed by atoms with Crippen molar-refractivity contribution in [2.24, 2.45) is 5.92 Å². The van der Waals surface area contributed by atoms with Crippen LogP contribution in [-0.4, -0.2) is 12.4 Å². The van der Waals surface area contributed by atoms with E-state index in [-0.39, 0.29) is 0 Å². The van der Waals surface area contributed by atoms with Gasteiger partial charge in [-0.2, -0.15) is 0 Å². The predicted octanol–water partition coefficient (Wildman–Crippen LogP) is 3.56. The molecule has 1 aromatic carbocycles. The third-order valence-corrected chi connectivity index (χ3v) is 3.17. The van der Waals surface area contributed by atoms with Gasteiger partial charge in [-0.15, -0.1) is 0 Å². The Labute approximate surface area is 103 Å². The van der Waals surface area contributed by atoms with Crippen LogP contribution >= 0.6 is 0 Å². The molecule has 17 heavy (non-hydrogen) atoms. The minimum atomic E-state index is 0.348. The monoisotopic (exact) mass is 232 g/mol. The molecule has 1 fully saturated rings. The molecule has 2 rings (SSSR count). The summed E-state index contributed by atoms with van der Waals surface area (Å²) in [6.07, 6.45) is 2.72. The maximum Gasteiger partial charge on any atom is 0.139 e. The van der Waals surface area contributed by atoms with Gasteiger partial charge in [-0.25, -0.2) is 0 Å². The molecule has 0 saturated heterocycles. The topological polar surface area (TPSA) is 26.3 Å². The average Bonchev–Trinajstić information content (AvgIpc) is 3.13. The van der Waals surface area contributed by atoms with E-state index in [0.29, 0.717) is 30.6 Å². The Morgan fingerprint density at radius 2 is 2.18 bits per heavy atom. The lowest BCUT2D eigenvalue weighted by Gasteiger charge is -2.09. The second-order valence-electron chi connectivity index (χ2n) is 5.07. The van der Waals surface area contributed by atoms with E-state index in [1.807, 2.05) is 12.1 Å². The highest BCUT2D eigenvalue weighted by Crippen LogP contribution is 2.30. The van der Waals surface area contributed by atoms with E-state index in [2.05, 4.69) is 26.0 Å². The Morgan fingerprint density at radius 3 is 2.82 bits per heavy atom. The number of carbonyl (C=O) groups is 1. The second kappa shape index (κ2) is 5.35. The maximum atomic E-state index is 11.5. The Kier molecular flexibility index (Phi) is 3.82. The highest BCUT2D eigenvalue weighted by Gasteiger charge is 2.28. The third kappa shape index (κ3) is 3.58. The Morgan fingerprint density at radius 1 is 1.41 bits per heavy atom. The molecule has 0 amide bonds. The van der Waals surface area contributed by atoms with Gasteiger partial charge in [-0.3, -0.25) is 4.79 Å². The van der Waals surface area contributed by atoms with Crippen LogP contribution in [0.1, 0.15) is 44.6 Å². The number of ether oxygens (including phenoxy) is 1. The van der Waals surface area contributed by atoms with E-state index in [4.69, 9.17) is 4.74 Å². The molecule has 2 heteroatoms. The normalized spacial score (nSPS) is 15.0. The molecule has 1 saturated carbocycles. The van der Waals surface area contributed by atoms with Crippen LogP contribution in [0.2, 0.25) is 0 Å². The van der Waals surface area contributed by atoms with Gasteiger partial charge in [0.25, 0.3) is 0 Å². The van der Waals surface area contributed by atoms with Crippen LogP contribution in [0.3, 0.4) is 0 Å². The van der Waals surface area contributed by atoms with Crippen molar-refractivity contribution in [2.45, 2.75) is 39.0 Å². The van der Waals surface area contributed by atoms with Crippen LogP contribution in [0.25, 0.3) is 0 Å². The van der Waals surface area contributed by atoms with Crippen LogP contribution in [-0.2, 0) is 4.79 Å². The molecule has 1 aliphatic rings. The molecular weight excluding hydrogens is 212 g/mol. The second-order valence-corrected chi connectivity index (χ2v) is 5.07. The van der Waals surface area contributed by atoms with E-state index < -0.39 is 0 Å². The third-order valence-electron chi connectivity index (χ3n) is 3.17. The molecule has 0 bridgehead atoms. The molecule has 92 valence electrons. The van der Waals surface area contributed by atoms with Crippen molar-refractivity contribution in [3.8, 4) is 5.75 Å². The van der Waals surface area contributed by atoms with Crippen molar-refractivity contribution >= 4 is 5.78 Å². The summed E-state index contributed by atoms with van der Waals surface area (Å²) >= 11 is 0. The number of hydrogen-bond donors (Lipinski definition) is 0. The zero-order valence-electron chi connectivity index (χ0n) is 10.6. The van der Waals surface area contributed by atoms with Crippen LogP contribution < -0.4 is 4.74 Å². The van der Waals surface area contributed by atoms with Gasteiger partial charge in [0.15, 0.2) is 0 Å². The number of Topliss-reactive ketones (excluding diaryl/α,β-unsaturated/α-hetero) is 1. The molecule has 0 spiro atoms. The zero-order valence-corrected chi connectivity index (χ0v) is 10.6. The van der Waals surface area contributed by atoms with E-state index in [1.54, 1.807) is 0 Å². The van der Waals surface area contributed by atoms with Crippen LogP contribution in [0.15, 0.2) is 24.3 Å². The van der Waals surface area contributed by atoms with Gasteiger partial charge in [0.1, 0.15) is 11.5 Å². The van der Waals surface area contributed by atoms with Crippen molar-refractivity contribution < 1.29 is 9.53 Å². The molecule has 0 aliphatic heterocycles. The molecule has 2 nitrogen and oxygen atoms in total. The Balaban J connectivity index is 1.81. The number of rotatable bonds is 6. The van der Waals surface area contributed by atoms with Crippen LogP contribution in [0, 0.1) is 5.92 Å². The van der Waals surface area contributed by atoms with Gasteiger partial charge >= 0.3 is 0 Å². The van der Waals surface area contributed by atoms with Gasteiger partial charge in [-0.05, 0) is 36.5 Å². The summed E-state index contributed by atoms with van der Waals surface area (Å²) in [5.41, 5.74) is 1.27. The van der Waals surface area contributed by atoms with E-state index in [1.165, 1.54) is 5.56 Å². The molecule has 0 radical (unpaired) electrons. The lowest BCUT2D eigenvalue weighted by molar-refractivity contribution is -0.120. The Hall–Kier alpha value is -1.31. The summed E-state index contributed by atoms with van der Waals surface area (Å²) in [6.45, 7) is 4.84. The van der Waals surface area contributed by atoms with Crippen LogP contribution in [0.5, 0.6) is 5.75 Å². The molecule has 1 aromatic rings. The fraction of sp³-hybridized carbons (Fsp3) is 0.533. The minimum Gasteiger partial charge on any atom is -0.493 e. The van der Waals surface area contributed by atoms with Gasteiger partial charge in [0, 0.05) is 12.3 Å². The molecule has 0 N–H and O–H groups in total. The number of benzene rings is 1. The quantitative estimate of drug-likeness (QED) is 0.749. The first-order valence-corrected chi connectivity index (χ1v) is 6.42. The Bertz CT molecular complexity index is 392. The smallest absolute Gasteiger partial charge is 0.139 e. The first-order chi connectivity index (χ1) is 8.16. The zero-order chi connectivity index (χ0) is 12.3. The van der Waals surface area contributed by atoms with Crippen molar-refractivity contribution in [1.29, 1.82) is 0 Å². The standard InChI is InChI=1S/C15H20O2/c1-11(2)13-4-3-5-14(10-13)17-9-8-15(16)12-6-7-12/h3-5,10-12H,6-9H2,1-2H3. The summed E-state index contributed by atoms with van der Waals surface area (Å²) in [4.78, 5) is 11.5. The highest BCUT2D eigenvalue weighted by molar-refractivity contribution is 5.83. The predicted molar refractivity (Wildman–Crippen MR) is 68.4 cm³/mol. The number of hydrogen-bond acceptors (Lipinski definition) is 2.